The van der Waals surface area contributed by atoms with Gasteiger partial charge in [0.15, 0.2) is 11.6 Å². The van der Waals surface area contributed by atoms with E-state index in [9.17, 15) is 14.4 Å². The van der Waals surface area contributed by atoms with Crippen LogP contribution in [-0.2, 0) is 22.4 Å². The molecule has 38 heavy (non-hydrogen) atoms. The van der Waals surface area contributed by atoms with Crippen molar-refractivity contribution in [1.29, 1.82) is 0 Å². The van der Waals surface area contributed by atoms with Gasteiger partial charge in [-0.05, 0) is 83.7 Å². The number of pyridine rings is 2. The number of nitrogens with zero attached hydrogens (tertiary/aromatic N) is 3. The second kappa shape index (κ2) is 9.64. The van der Waals surface area contributed by atoms with Gasteiger partial charge in [-0.1, -0.05) is 17.7 Å². The van der Waals surface area contributed by atoms with Gasteiger partial charge in [-0.15, -0.1) is 0 Å². The van der Waals surface area contributed by atoms with Crippen molar-refractivity contribution in [2.75, 3.05) is 13.7 Å². The van der Waals surface area contributed by atoms with Gasteiger partial charge in [0.25, 0.3) is 5.56 Å². The molecular formula is C30H28ClN3O4. The van der Waals surface area contributed by atoms with Crippen molar-refractivity contribution in [1.82, 2.24) is 14.2 Å². The van der Waals surface area contributed by atoms with Gasteiger partial charge in [0, 0.05) is 61.8 Å². The monoisotopic (exact) mass is 529 g/mol. The van der Waals surface area contributed by atoms with Crippen LogP contribution in [0, 0.1) is 5.41 Å². The predicted octanol–water partition coefficient (Wildman–Crippen LogP) is 5.11. The molecule has 6 rings (SSSR count). The van der Waals surface area contributed by atoms with Crippen molar-refractivity contribution >= 4 is 28.7 Å². The van der Waals surface area contributed by atoms with Gasteiger partial charge in [0.1, 0.15) is 0 Å². The Labute approximate surface area is 225 Å². The van der Waals surface area contributed by atoms with Gasteiger partial charge in [-0.25, -0.2) is 4.52 Å². The summed E-state index contributed by atoms with van der Waals surface area (Å²) in [5, 5.41) is 4.76. The van der Waals surface area contributed by atoms with Crippen LogP contribution in [0.1, 0.15) is 53.2 Å². The summed E-state index contributed by atoms with van der Waals surface area (Å²) < 4.78 is 8.45. The van der Waals surface area contributed by atoms with E-state index < -0.39 is 6.04 Å². The molecule has 0 aliphatic heterocycles. The number of rotatable bonds is 7. The van der Waals surface area contributed by atoms with Crippen LogP contribution in [-0.4, -0.2) is 39.5 Å². The Morgan fingerprint density at radius 3 is 2.71 bits per heavy atom. The number of hydrogen-bond acceptors (Lipinski definition) is 5. The Morgan fingerprint density at radius 2 is 1.92 bits per heavy atom. The second-order valence-electron chi connectivity index (χ2n) is 10.6. The summed E-state index contributed by atoms with van der Waals surface area (Å²) in [6.45, 7) is 0.303. The number of ketones is 2. The molecule has 1 atom stereocenters. The van der Waals surface area contributed by atoms with Crippen LogP contribution in [0.4, 0.5) is 0 Å². The van der Waals surface area contributed by atoms with Crippen LogP contribution in [0.25, 0.3) is 16.6 Å². The molecule has 0 bridgehead atoms. The van der Waals surface area contributed by atoms with Crippen molar-refractivity contribution in [3.63, 3.8) is 0 Å². The minimum Gasteiger partial charge on any atom is -0.385 e. The number of fused-ring (bicyclic) bond motifs is 4. The molecule has 1 fully saturated rings. The van der Waals surface area contributed by atoms with Gasteiger partial charge >= 0.3 is 0 Å². The van der Waals surface area contributed by atoms with Crippen LogP contribution < -0.4 is 5.56 Å². The quantitative estimate of drug-likeness (QED) is 0.332. The second-order valence-corrected chi connectivity index (χ2v) is 11.0. The normalized spacial score (nSPS) is 16.5. The molecule has 0 radical (unpaired) electrons. The fourth-order valence-corrected chi connectivity index (χ4v) is 5.88. The van der Waals surface area contributed by atoms with E-state index in [0.717, 1.165) is 41.5 Å². The Kier molecular flexibility index (Phi) is 6.28. The van der Waals surface area contributed by atoms with Crippen molar-refractivity contribution in [3.8, 4) is 11.1 Å². The highest BCUT2D eigenvalue weighted by atomic mass is 35.5. The predicted molar refractivity (Wildman–Crippen MR) is 145 cm³/mol. The Balaban J connectivity index is 1.42. The average molecular weight is 530 g/mol. The zero-order valence-electron chi connectivity index (χ0n) is 21.2. The molecule has 1 unspecified atom stereocenters. The Bertz CT molecular complexity index is 1630. The van der Waals surface area contributed by atoms with Crippen molar-refractivity contribution in [3.05, 3.63) is 93.1 Å². The van der Waals surface area contributed by atoms with Crippen molar-refractivity contribution in [2.24, 2.45) is 5.41 Å². The number of Topliss-reactive ketones (excluding diaryl/α,β-unsaturated/α-hetero) is 2. The molecule has 7 nitrogen and oxygen atoms in total. The molecule has 0 saturated heterocycles. The lowest BCUT2D eigenvalue weighted by atomic mass is 9.81. The molecule has 194 valence electrons. The minimum atomic E-state index is -0.763. The third-order valence-electron chi connectivity index (χ3n) is 7.95. The van der Waals surface area contributed by atoms with E-state index in [1.807, 2.05) is 42.6 Å². The standard InChI is InChI=1S/C30H28ClN3O4/c1-38-11-6-26(27(35)13-19-5-10-34-22(12-19)4-9-32-34)33-18-25-24(15-29(33)37)23-14-21(31)3-2-20(23)16-30(7-8-30)17-28(25)36/h2-5,9-10,12,14-15,18,26H,6-8,11,13,16-17H2,1H3. The number of carbonyl (C=O) groups is 2. The third kappa shape index (κ3) is 4.61. The van der Waals surface area contributed by atoms with E-state index >= 15 is 0 Å². The average Bonchev–Trinajstić information content (AvgIpc) is 3.48. The largest absolute Gasteiger partial charge is 0.385 e. The van der Waals surface area contributed by atoms with Crippen LogP contribution in [0.2, 0.25) is 5.02 Å². The number of hydrogen-bond donors (Lipinski definition) is 0. The van der Waals surface area contributed by atoms with Crippen molar-refractivity contribution in [2.45, 2.75) is 44.6 Å². The lowest BCUT2D eigenvalue weighted by Gasteiger charge is -2.25. The van der Waals surface area contributed by atoms with Gasteiger partial charge in [0.05, 0.1) is 11.6 Å². The smallest absolute Gasteiger partial charge is 0.251 e. The van der Waals surface area contributed by atoms with Crippen molar-refractivity contribution < 1.29 is 14.3 Å². The molecular weight excluding hydrogens is 502 g/mol. The summed E-state index contributed by atoms with van der Waals surface area (Å²) in [5.41, 5.74) is 4.34. The first kappa shape index (κ1) is 24.8. The zero-order chi connectivity index (χ0) is 26.4. The van der Waals surface area contributed by atoms with Crippen LogP contribution in [0.5, 0.6) is 0 Å². The number of aromatic nitrogens is 3. The summed E-state index contributed by atoms with van der Waals surface area (Å²) in [4.78, 5) is 40.8. The van der Waals surface area contributed by atoms with E-state index in [1.165, 1.54) is 10.6 Å². The SMILES string of the molecule is COCCC(C(=O)Cc1ccn2nccc2c1)n1cc2c(cc1=O)-c1cc(Cl)ccc1CC1(CC1)CC2=O. The first-order valence-corrected chi connectivity index (χ1v) is 13.3. The van der Waals surface area contributed by atoms with Gasteiger partial charge in [0.2, 0.25) is 0 Å². The Hall–Kier alpha value is -3.55. The van der Waals surface area contributed by atoms with Gasteiger partial charge in [-0.3, -0.25) is 14.4 Å². The molecule has 8 heteroatoms. The summed E-state index contributed by atoms with van der Waals surface area (Å²) >= 11 is 6.35. The summed E-state index contributed by atoms with van der Waals surface area (Å²) in [6, 6.07) is 12.1. The summed E-state index contributed by atoms with van der Waals surface area (Å²) in [7, 11) is 1.57. The van der Waals surface area contributed by atoms with E-state index in [-0.39, 0.29) is 29.0 Å². The molecule has 1 aromatic carbocycles. The van der Waals surface area contributed by atoms with E-state index in [1.54, 1.807) is 24.0 Å². The molecule has 2 aliphatic rings. The zero-order valence-corrected chi connectivity index (χ0v) is 21.9. The fraction of sp³-hybridized carbons (Fsp3) is 0.333. The molecule has 1 spiro atoms. The number of ether oxygens (including phenoxy) is 1. The van der Waals surface area contributed by atoms with Crippen LogP contribution >= 0.6 is 11.6 Å². The van der Waals surface area contributed by atoms with Gasteiger partial charge < -0.3 is 9.30 Å². The number of benzene rings is 1. The van der Waals surface area contributed by atoms with Crippen LogP contribution in [0.3, 0.4) is 0 Å². The lowest BCUT2D eigenvalue weighted by molar-refractivity contribution is -0.122. The number of halogens is 1. The maximum absolute atomic E-state index is 13.6. The first-order valence-electron chi connectivity index (χ1n) is 12.9. The molecule has 0 N–H and O–H groups in total. The highest BCUT2D eigenvalue weighted by Crippen LogP contribution is 2.54. The highest BCUT2D eigenvalue weighted by Gasteiger charge is 2.46. The van der Waals surface area contributed by atoms with E-state index in [0.29, 0.717) is 35.6 Å². The summed E-state index contributed by atoms with van der Waals surface area (Å²) in [5.74, 6) is -0.116. The minimum absolute atomic E-state index is 0.000926. The van der Waals surface area contributed by atoms with Gasteiger partial charge in [-0.2, -0.15) is 5.10 Å². The maximum Gasteiger partial charge on any atom is 0.251 e. The molecule has 1 saturated carbocycles. The topological polar surface area (TPSA) is 82.7 Å². The highest BCUT2D eigenvalue weighted by molar-refractivity contribution is 6.31. The molecule has 2 aliphatic carbocycles. The van der Waals surface area contributed by atoms with Crippen LogP contribution in [0.15, 0.2) is 65.8 Å². The first-order chi connectivity index (χ1) is 18.4. The maximum atomic E-state index is 13.6. The molecule has 0 amide bonds. The van der Waals surface area contributed by atoms with E-state index in [2.05, 4.69) is 5.10 Å². The molecule has 4 aromatic rings. The summed E-state index contributed by atoms with van der Waals surface area (Å²) in [6.07, 6.45) is 8.83. The van der Waals surface area contributed by atoms with E-state index in [4.69, 9.17) is 16.3 Å². The molecule has 3 heterocycles. The molecule has 3 aromatic heterocycles. The lowest BCUT2D eigenvalue weighted by Crippen LogP contribution is -2.32. The Morgan fingerprint density at radius 1 is 1.08 bits per heavy atom. The number of carbonyl (C=O) groups excluding carboxylic acids is 2. The third-order valence-corrected chi connectivity index (χ3v) is 8.18. The number of methoxy groups -OCH3 is 1. The fourth-order valence-electron chi connectivity index (χ4n) is 5.70.